The maximum Gasteiger partial charge on any atom is 0.472 e. The zero-order chi connectivity index (χ0) is 71.8. The quantitative estimate of drug-likeness (QED) is 0.0169. The van der Waals surface area contributed by atoms with Crippen LogP contribution in [0.3, 0.4) is 0 Å². The summed E-state index contributed by atoms with van der Waals surface area (Å²) in [5.74, 6) is -2.21. The van der Waals surface area contributed by atoms with Crippen LogP contribution >= 0.6 is 15.6 Å². The number of rotatable bonds is 73. The molecule has 0 radical (unpaired) electrons. The molecular weight excluding hydrogens is 1280 g/mol. The molecular formula is C79H140O17P2. The van der Waals surface area contributed by atoms with Gasteiger partial charge in [-0.2, -0.15) is 0 Å². The largest absolute Gasteiger partial charge is 0.472 e. The van der Waals surface area contributed by atoms with Gasteiger partial charge in [-0.3, -0.25) is 37.3 Å². The molecule has 0 saturated heterocycles. The molecule has 5 unspecified atom stereocenters. The fourth-order valence-corrected chi connectivity index (χ4v) is 12.0. The minimum Gasteiger partial charge on any atom is -0.462 e. The Bertz CT molecular complexity index is 2190. The molecule has 98 heavy (non-hydrogen) atoms. The van der Waals surface area contributed by atoms with Gasteiger partial charge >= 0.3 is 39.5 Å². The van der Waals surface area contributed by atoms with E-state index < -0.39 is 97.5 Å². The number of hydrogen-bond acceptors (Lipinski definition) is 15. The second-order valence-electron chi connectivity index (χ2n) is 25.9. The number of phosphoric acid groups is 2. The minimum atomic E-state index is -4.98. The molecule has 0 aliphatic carbocycles. The summed E-state index contributed by atoms with van der Waals surface area (Å²) in [6, 6.07) is 0. The summed E-state index contributed by atoms with van der Waals surface area (Å²) < 4.78 is 68.5. The molecule has 0 rings (SSSR count). The summed E-state index contributed by atoms with van der Waals surface area (Å²) in [6.07, 6.45) is 72.8. The number of ether oxygens (including phenoxy) is 4. The molecule has 0 aliphatic heterocycles. The minimum absolute atomic E-state index is 0.0736. The Balaban J connectivity index is 5.34. The van der Waals surface area contributed by atoms with E-state index in [0.29, 0.717) is 25.7 Å². The third-order valence-corrected chi connectivity index (χ3v) is 18.2. The van der Waals surface area contributed by atoms with Crippen molar-refractivity contribution >= 4 is 39.5 Å². The van der Waals surface area contributed by atoms with E-state index in [1.165, 1.54) is 96.3 Å². The lowest BCUT2D eigenvalue weighted by Crippen LogP contribution is -2.30. The first-order valence-corrected chi connectivity index (χ1v) is 41.8. The summed E-state index contributed by atoms with van der Waals surface area (Å²) in [5.41, 5.74) is 0. The molecule has 568 valence electrons. The Labute approximate surface area is 595 Å². The van der Waals surface area contributed by atoms with Crippen molar-refractivity contribution in [1.82, 2.24) is 0 Å². The Morgan fingerprint density at radius 2 is 0.551 bits per heavy atom. The van der Waals surface area contributed by atoms with Crippen LogP contribution in [0, 0.1) is 0 Å². The van der Waals surface area contributed by atoms with Crippen molar-refractivity contribution < 1.29 is 80.2 Å². The average Bonchev–Trinajstić information content (AvgIpc) is 0.969. The van der Waals surface area contributed by atoms with E-state index in [1.54, 1.807) is 0 Å². The van der Waals surface area contributed by atoms with Gasteiger partial charge < -0.3 is 33.8 Å². The van der Waals surface area contributed by atoms with Gasteiger partial charge in [-0.05, 0) is 116 Å². The average molecular weight is 1420 g/mol. The number of phosphoric ester groups is 2. The second kappa shape index (κ2) is 71.6. The maximum atomic E-state index is 13.1. The molecule has 0 aromatic carbocycles. The van der Waals surface area contributed by atoms with Crippen molar-refractivity contribution in [2.24, 2.45) is 0 Å². The van der Waals surface area contributed by atoms with Crippen LogP contribution in [-0.2, 0) is 65.4 Å². The molecule has 3 N–H and O–H groups in total. The topological polar surface area (TPSA) is 237 Å². The lowest BCUT2D eigenvalue weighted by atomic mass is 10.0. The second-order valence-corrected chi connectivity index (χ2v) is 28.8. The van der Waals surface area contributed by atoms with Gasteiger partial charge in [-0.25, -0.2) is 9.13 Å². The fourth-order valence-electron chi connectivity index (χ4n) is 10.4. The van der Waals surface area contributed by atoms with Crippen LogP contribution in [0.5, 0.6) is 0 Å². The molecule has 0 aliphatic rings. The molecule has 0 amide bonds. The molecule has 0 fully saturated rings. The van der Waals surface area contributed by atoms with Gasteiger partial charge in [0.15, 0.2) is 12.2 Å². The van der Waals surface area contributed by atoms with E-state index in [2.05, 4.69) is 113 Å². The summed E-state index contributed by atoms with van der Waals surface area (Å²) in [4.78, 5) is 72.9. The molecule has 5 atom stereocenters. The van der Waals surface area contributed by atoms with Gasteiger partial charge in [0.2, 0.25) is 0 Å². The van der Waals surface area contributed by atoms with Gasteiger partial charge in [0.25, 0.3) is 0 Å². The van der Waals surface area contributed by atoms with Crippen LogP contribution in [-0.4, -0.2) is 96.7 Å². The molecule has 0 bridgehead atoms. The zero-order valence-electron chi connectivity index (χ0n) is 62.0. The third-order valence-electron chi connectivity index (χ3n) is 16.3. The van der Waals surface area contributed by atoms with Crippen molar-refractivity contribution in [3.63, 3.8) is 0 Å². The summed E-state index contributed by atoms with van der Waals surface area (Å²) in [7, 11) is -9.95. The first-order chi connectivity index (χ1) is 47.7. The van der Waals surface area contributed by atoms with Crippen LogP contribution in [0.25, 0.3) is 0 Å². The highest BCUT2D eigenvalue weighted by atomic mass is 31.2. The SMILES string of the molecule is CC/C=C\C/C=C\C/C=C\C/C=C\CCCCCCC(=O)OCC(COP(=O)(O)OCC(O)COP(=O)(O)OCC(COC(=O)CCCCCCCCCCCCCCCCC)OC(=O)CCCCCCC/C=C\CCCCCC)OC(=O)CCCCCCC/C=C\C/C=C\CCC. The van der Waals surface area contributed by atoms with Crippen molar-refractivity contribution in [2.75, 3.05) is 39.6 Å². The van der Waals surface area contributed by atoms with Gasteiger partial charge in [-0.1, -0.05) is 280 Å². The molecule has 0 saturated carbocycles. The molecule has 17 nitrogen and oxygen atoms in total. The van der Waals surface area contributed by atoms with Crippen molar-refractivity contribution in [1.29, 1.82) is 0 Å². The van der Waals surface area contributed by atoms with Crippen molar-refractivity contribution in [3.05, 3.63) is 85.1 Å². The Morgan fingerprint density at radius 3 is 0.878 bits per heavy atom. The van der Waals surface area contributed by atoms with Gasteiger partial charge in [0, 0.05) is 25.7 Å². The first-order valence-electron chi connectivity index (χ1n) is 38.8. The lowest BCUT2D eigenvalue weighted by molar-refractivity contribution is -0.161. The third kappa shape index (κ3) is 70.7. The number of allylic oxidation sites excluding steroid dienone is 14. The number of aliphatic hydroxyl groups is 1. The number of carbonyl (C=O) groups excluding carboxylic acids is 4. The fraction of sp³-hybridized carbons (Fsp3) is 0.772. The molecule has 0 aromatic heterocycles. The maximum absolute atomic E-state index is 13.1. The molecule has 0 aromatic rings. The van der Waals surface area contributed by atoms with Crippen LogP contribution in [0.2, 0.25) is 0 Å². The highest BCUT2D eigenvalue weighted by Gasteiger charge is 2.30. The monoisotopic (exact) mass is 1420 g/mol. The number of hydrogen-bond donors (Lipinski definition) is 3. The number of carbonyl (C=O) groups is 4. The van der Waals surface area contributed by atoms with E-state index in [-0.39, 0.29) is 25.7 Å². The Morgan fingerprint density at radius 1 is 0.296 bits per heavy atom. The van der Waals surface area contributed by atoms with Gasteiger partial charge in [0.1, 0.15) is 19.3 Å². The van der Waals surface area contributed by atoms with E-state index in [4.69, 9.17) is 37.0 Å². The number of aliphatic hydroxyl groups excluding tert-OH is 1. The van der Waals surface area contributed by atoms with E-state index in [1.807, 2.05) is 0 Å². The Hall–Kier alpha value is -3.76. The standard InChI is InChI=1S/C79H140O17P2/c1-5-9-13-17-21-25-29-33-35-36-38-42-44-48-52-56-60-64-77(82)90-70-75(96-79(84)66-62-58-54-50-46-40-32-28-24-20-16-12-8-4)72-94-98(87,88)92-68-73(80)67-91-97(85,86)93-71-74(95-78(83)65-61-57-53-49-45-39-31-27-23-19-15-11-7-3)69-89-76(81)63-59-55-51-47-43-41-37-34-30-26-22-18-14-10-6-2/h9,13,16,20-21,25,27-28,31-33,35,38,42,73-75,80H,5-8,10-12,14-15,17-19,22-24,26,29-30,34,36-37,39-41,43-72H2,1-4H3,(H,85,86)(H,87,88)/b13-9-,20-16-,25-21-,31-27-,32-28-,35-33-,42-38-. The molecule has 0 spiro atoms. The smallest absolute Gasteiger partial charge is 0.462 e. The van der Waals surface area contributed by atoms with Gasteiger partial charge in [0.05, 0.1) is 26.4 Å². The predicted octanol–water partition coefficient (Wildman–Crippen LogP) is 22.2. The van der Waals surface area contributed by atoms with E-state index in [0.717, 1.165) is 161 Å². The van der Waals surface area contributed by atoms with Crippen LogP contribution < -0.4 is 0 Å². The Kier molecular flexibility index (Phi) is 68.9. The van der Waals surface area contributed by atoms with Gasteiger partial charge in [-0.15, -0.1) is 0 Å². The predicted molar refractivity (Wildman–Crippen MR) is 399 cm³/mol. The van der Waals surface area contributed by atoms with E-state index >= 15 is 0 Å². The lowest BCUT2D eigenvalue weighted by Gasteiger charge is -2.21. The highest BCUT2D eigenvalue weighted by molar-refractivity contribution is 7.47. The van der Waals surface area contributed by atoms with Crippen molar-refractivity contribution in [3.8, 4) is 0 Å². The highest BCUT2D eigenvalue weighted by Crippen LogP contribution is 2.45. The van der Waals surface area contributed by atoms with Crippen LogP contribution in [0.4, 0.5) is 0 Å². The summed E-state index contributed by atoms with van der Waals surface area (Å²) >= 11 is 0. The van der Waals surface area contributed by atoms with Crippen LogP contribution in [0.15, 0.2) is 85.1 Å². The van der Waals surface area contributed by atoms with Crippen LogP contribution in [0.1, 0.15) is 336 Å². The van der Waals surface area contributed by atoms with E-state index in [9.17, 15) is 43.2 Å². The molecule has 0 heterocycles. The van der Waals surface area contributed by atoms with Crippen molar-refractivity contribution in [2.45, 2.75) is 354 Å². The summed E-state index contributed by atoms with van der Waals surface area (Å²) in [5, 5.41) is 10.6. The normalized spacial score (nSPS) is 14.4. The first kappa shape index (κ1) is 94.2. The summed E-state index contributed by atoms with van der Waals surface area (Å²) in [6.45, 7) is 4.67. The zero-order valence-corrected chi connectivity index (χ0v) is 63.7. The number of unbranched alkanes of at least 4 members (excludes halogenated alkanes) is 33. The molecule has 19 heteroatoms. The number of esters is 4.